The molecule has 0 radical (unpaired) electrons. The molecular formula is C22H28ClN2O2S+. The first-order valence-electron chi connectivity index (χ1n) is 10.2. The number of thiophene rings is 1. The Bertz CT molecular complexity index is 766. The summed E-state index contributed by atoms with van der Waals surface area (Å²) in [5.74, 6) is 0.168. The van der Waals surface area contributed by atoms with Gasteiger partial charge < -0.3 is 15.0 Å². The van der Waals surface area contributed by atoms with Crippen LogP contribution in [0.5, 0.6) is 0 Å². The smallest absolute Gasteiger partial charge is 0.230 e. The van der Waals surface area contributed by atoms with Crippen LogP contribution in [0.3, 0.4) is 0 Å². The molecule has 1 aromatic carbocycles. The van der Waals surface area contributed by atoms with Gasteiger partial charge in [0.2, 0.25) is 5.91 Å². The summed E-state index contributed by atoms with van der Waals surface area (Å²) in [4.78, 5) is 16.3. The second kappa shape index (κ2) is 8.95. The third-order valence-corrected chi connectivity index (χ3v) is 7.51. The van der Waals surface area contributed by atoms with Gasteiger partial charge in [0.05, 0.1) is 30.1 Å². The lowest BCUT2D eigenvalue weighted by Crippen LogP contribution is -3.15. The Morgan fingerprint density at radius 1 is 1.18 bits per heavy atom. The molecule has 150 valence electrons. The Labute approximate surface area is 175 Å². The number of benzene rings is 1. The largest absolute Gasteiger partial charge is 0.370 e. The summed E-state index contributed by atoms with van der Waals surface area (Å²) in [6.45, 7) is 4.23. The monoisotopic (exact) mass is 419 g/mol. The number of carbonyl (C=O) groups excluding carboxylic acids is 1. The van der Waals surface area contributed by atoms with Gasteiger partial charge in [-0.3, -0.25) is 4.79 Å². The molecule has 0 unspecified atom stereocenters. The van der Waals surface area contributed by atoms with Crippen molar-refractivity contribution in [3.8, 4) is 0 Å². The zero-order valence-corrected chi connectivity index (χ0v) is 17.7. The van der Waals surface area contributed by atoms with Crippen LogP contribution in [0.15, 0.2) is 41.8 Å². The van der Waals surface area contributed by atoms with E-state index in [-0.39, 0.29) is 11.9 Å². The highest BCUT2D eigenvalue weighted by molar-refractivity contribution is 7.10. The van der Waals surface area contributed by atoms with E-state index in [1.807, 2.05) is 24.3 Å². The van der Waals surface area contributed by atoms with E-state index in [0.717, 1.165) is 57.6 Å². The first-order valence-corrected chi connectivity index (χ1v) is 11.4. The van der Waals surface area contributed by atoms with Gasteiger partial charge in [-0.2, -0.15) is 0 Å². The summed E-state index contributed by atoms with van der Waals surface area (Å²) in [5, 5.41) is 6.17. The van der Waals surface area contributed by atoms with Gasteiger partial charge in [-0.05, 0) is 42.0 Å². The number of ether oxygens (including phenoxy) is 1. The summed E-state index contributed by atoms with van der Waals surface area (Å²) in [6, 6.07) is 12.4. The molecule has 0 bridgehead atoms. The van der Waals surface area contributed by atoms with Gasteiger partial charge in [0, 0.05) is 5.02 Å². The quantitative estimate of drug-likeness (QED) is 0.755. The fourth-order valence-corrected chi connectivity index (χ4v) is 5.69. The molecule has 4 rings (SSSR count). The van der Waals surface area contributed by atoms with Gasteiger partial charge in [-0.1, -0.05) is 42.6 Å². The summed E-state index contributed by atoms with van der Waals surface area (Å²) < 4.78 is 5.54. The van der Waals surface area contributed by atoms with Crippen molar-refractivity contribution in [1.82, 2.24) is 5.32 Å². The van der Waals surface area contributed by atoms with Crippen molar-refractivity contribution >= 4 is 28.8 Å². The van der Waals surface area contributed by atoms with Crippen molar-refractivity contribution in [2.24, 2.45) is 0 Å². The first kappa shape index (κ1) is 19.9. The van der Waals surface area contributed by atoms with Crippen molar-refractivity contribution in [2.45, 2.75) is 37.1 Å². The number of rotatable bonds is 6. The zero-order valence-electron chi connectivity index (χ0n) is 16.1. The Balaban J connectivity index is 1.51. The highest BCUT2D eigenvalue weighted by Crippen LogP contribution is 2.41. The minimum absolute atomic E-state index is 0.168. The number of nitrogens with one attached hydrogen (secondary N) is 2. The van der Waals surface area contributed by atoms with E-state index in [1.165, 1.54) is 9.78 Å². The van der Waals surface area contributed by atoms with Gasteiger partial charge in [0.25, 0.3) is 0 Å². The molecule has 1 aliphatic carbocycles. The summed E-state index contributed by atoms with van der Waals surface area (Å²) >= 11 is 7.85. The maximum atomic E-state index is 13.4. The van der Waals surface area contributed by atoms with Crippen LogP contribution < -0.4 is 10.2 Å². The molecule has 1 saturated heterocycles. The fraction of sp³-hybridized carbons (Fsp3) is 0.500. The van der Waals surface area contributed by atoms with Crippen LogP contribution in [0.2, 0.25) is 5.02 Å². The van der Waals surface area contributed by atoms with E-state index >= 15 is 0 Å². The molecule has 2 fully saturated rings. The van der Waals surface area contributed by atoms with Crippen LogP contribution in [0, 0.1) is 0 Å². The molecule has 1 atom stereocenters. The first-order chi connectivity index (χ1) is 13.7. The molecule has 1 saturated carbocycles. The second-order valence-electron chi connectivity index (χ2n) is 7.84. The number of amides is 1. The van der Waals surface area contributed by atoms with Crippen molar-refractivity contribution in [2.75, 3.05) is 32.8 Å². The molecule has 6 heteroatoms. The van der Waals surface area contributed by atoms with E-state index in [0.29, 0.717) is 11.6 Å². The number of halogens is 1. The predicted octanol–water partition coefficient (Wildman–Crippen LogP) is 2.99. The molecule has 2 aliphatic rings. The Kier molecular flexibility index (Phi) is 6.36. The SMILES string of the molecule is O=C(NC[C@@H](c1cccs1)[NH+]1CCOCC1)C1(c2ccc(Cl)cc2)CCCC1. The summed E-state index contributed by atoms with van der Waals surface area (Å²) in [7, 11) is 0. The molecule has 4 nitrogen and oxygen atoms in total. The van der Waals surface area contributed by atoms with E-state index in [9.17, 15) is 4.79 Å². The van der Waals surface area contributed by atoms with Gasteiger partial charge in [0.15, 0.2) is 0 Å². The van der Waals surface area contributed by atoms with Crippen LogP contribution in [0.1, 0.15) is 42.2 Å². The van der Waals surface area contributed by atoms with Gasteiger partial charge >= 0.3 is 0 Å². The van der Waals surface area contributed by atoms with E-state index in [4.69, 9.17) is 16.3 Å². The van der Waals surface area contributed by atoms with Crippen LogP contribution in [-0.2, 0) is 14.9 Å². The molecule has 2 aromatic rings. The highest BCUT2D eigenvalue weighted by Gasteiger charge is 2.43. The number of carbonyl (C=O) groups is 1. The van der Waals surface area contributed by atoms with Gasteiger partial charge in [-0.15, -0.1) is 11.3 Å². The Hall–Kier alpha value is -1.40. The average Bonchev–Trinajstić information content (AvgIpc) is 3.42. The summed E-state index contributed by atoms with van der Waals surface area (Å²) in [6.07, 6.45) is 4.02. The number of hydrogen-bond acceptors (Lipinski definition) is 3. The lowest BCUT2D eigenvalue weighted by atomic mass is 9.78. The van der Waals surface area contributed by atoms with E-state index in [1.54, 1.807) is 11.3 Å². The summed E-state index contributed by atoms with van der Waals surface area (Å²) in [5.41, 5.74) is 0.684. The lowest BCUT2D eigenvalue weighted by molar-refractivity contribution is -0.937. The van der Waals surface area contributed by atoms with Gasteiger partial charge in [-0.25, -0.2) is 0 Å². The van der Waals surface area contributed by atoms with Crippen LogP contribution in [0.25, 0.3) is 0 Å². The molecule has 2 N–H and O–H groups in total. The van der Waals surface area contributed by atoms with Crippen molar-refractivity contribution in [1.29, 1.82) is 0 Å². The van der Waals surface area contributed by atoms with Crippen LogP contribution in [-0.4, -0.2) is 38.8 Å². The Morgan fingerprint density at radius 2 is 1.89 bits per heavy atom. The normalized spacial score (nSPS) is 20.8. The van der Waals surface area contributed by atoms with Gasteiger partial charge in [0.1, 0.15) is 19.1 Å². The molecule has 0 spiro atoms. The molecule has 1 aromatic heterocycles. The van der Waals surface area contributed by atoms with Crippen molar-refractivity contribution < 1.29 is 14.4 Å². The van der Waals surface area contributed by atoms with E-state index in [2.05, 4.69) is 22.8 Å². The lowest BCUT2D eigenvalue weighted by Gasteiger charge is -2.33. The molecule has 2 heterocycles. The second-order valence-corrected chi connectivity index (χ2v) is 9.26. The average molecular weight is 420 g/mol. The minimum atomic E-state index is -0.412. The van der Waals surface area contributed by atoms with Crippen molar-refractivity contribution in [3.05, 3.63) is 57.2 Å². The number of hydrogen-bond donors (Lipinski definition) is 2. The highest BCUT2D eigenvalue weighted by atomic mass is 35.5. The molecule has 28 heavy (non-hydrogen) atoms. The standard InChI is InChI=1S/C22H27ClN2O2S/c23-18-7-5-17(6-8-18)22(9-1-2-10-22)21(26)24-16-19(20-4-3-15-28-20)25-11-13-27-14-12-25/h3-8,15,19H,1-2,9-14,16H2,(H,24,26)/p+1/t19-/m0/s1. The maximum absolute atomic E-state index is 13.4. The third-order valence-electron chi connectivity index (χ3n) is 6.27. The number of morpholine rings is 1. The topological polar surface area (TPSA) is 42.8 Å². The molecule has 1 aliphatic heterocycles. The predicted molar refractivity (Wildman–Crippen MR) is 113 cm³/mol. The third kappa shape index (κ3) is 4.13. The van der Waals surface area contributed by atoms with Crippen LogP contribution >= 0.6 is 22.9 Å². The van der Waals surface area contributed by atoms with Crippen LogP contribution in [0.4, 0.5) is 0 Å². The minimum Gasteiger partial charge on any atom is -0.370 e. The Morgan fingerprint density at radius 3 is 2.54 bits per heavy atom. The zero-order chi connectivity index (χ0) is 19.4. The van der Waals surface area contributed by atoms with Crippen molar-refractivity contribution in [3.63, 3.8) is 0 Å². The molecular weight excluding hydrogens is 392 g/mol. The maximum Gasteiger partial charge on any atom is 0.230 e. The van der Waals surface area contributed by atoms with E-state index < -0.39 is 5.41 Å². The number of quaternary nitrogens is 1. The fourth-order valence-electron chi connectivity index (χ4n) is 4.68. The molecule has 1 amide bonds.